The number of hydrogen-bond donors (Lipinski definition) is 1. The Balaban J connectivity index is 2.05. The summed E-state index contributed by atoms with van der Waals surface area (Å²) in [6.45, 7) is 4.27. The third-order valence-corrected chi connectivity index (χ3v) is 4.43. The average molecular weight is 327 g/mol. The van der Waals surface area contributed by atoms with Gasteiger partial charge in [-0.1, -0.05) is 6.92 Å². The number of halogens is 1. The van der Waals surface area contributed by atoms with Gasteiger partial charge in [0.25, 0.3) is 0 Å². The maximum Gasteiger partial charge on any atom is 0.310 e. The van der Waals surface area contributed by atoms with Crippen LogP contribution in [0.2, 0.25) is 0 Å². The number of hydrogen-bond acceptors (Lipinski definition) is 3. The van der Waals surface area contributed by atoms with E-state index in [2.05, 4.69) is 25.8 Å². The van der Waals surface area contributed by atoms with Gasteiger partial charge < -0.3 is 5.11 Å². The standard InChI is InChI=1S/C14H19BrN2O2/c1-2-14(13(18)19)6-3-7-17(10-14)9-12-5-4-11(15)8-16-12/h4-5,8H,2-3,6-7,9-10H2,1H3,(H,18,19). The molecule has 0 radical (unpaired) electrons. The normalized spacial score (nSPS) is 24.3. The van der Waals surface area contributed by atoms with Crippen LogP contribution in [0.25, 0.3) is 0 Å². The van der Waals surface area contributed by atoms with Crippen molar-refractivity contribution in [1.82, 2.24) is 9.88 Å². The molecule has 1 saturated heterocycles. The van der Waals surface area contributed by atoms with E-state index >= 15 is 0 Å². The second-order valence-electron chi connectivity index (χ2n) is 5.22. The zero-order chi connectivity index (χ0) is 13.9. The summed E-state index contributed by atoms with van der Waals surface area (Å²) in [7, 11) is 0. The molecular formula is C14H19BrN2O2. The number of piperidine rings is 1. The molecule has 2 rings (SSSR count). The second kappa shape index (κ2) is 6.01. The first-order valence-corrected chi connectivity index (χ1v) is 7.41. The summed E-state index contributed by atoms with van der Waals surface area (Å²) in [5.41, 5.74) is 0.411. The highest BCUT2D eigenvalue weighted by molar-refractivity contribution is 9.10. The summed E-state index contributed by atoms with van der Waals surface area (Å²) in [5.74, 6) is -0.663. The van der Waals surface area contributed by atoms with Gasteiger partial charge >= 0.3 is 5.97 Å². The van der Waals surface area contributed by atoms with Crippen molar-refractivity contribution in [1.29, 1.82) is 0 Å². The van der Waals surface area contributed by atoms with E-state index in [1.54, 1.807) is 6.20 Å². The molecule has 5 heteroatoms. The van der Waals surface area contributed by atoms with Gasteiger partial charge in [-0.3, -0.25) is 14.7 Å². The molecule has 0 amide bonds. The molecular weight excluding hydrogens is 308 g/mol. The van der Waals surface area contributed by atoms with Gasteiger partial charge in [-0.05, 0) is 53.9 Å². The first kappa shape index (κ1) is 14.5. The fourth-order valence-corrected chi connectivity index (χ4v) is 2.94. The number of carboxylic acids is 1. The molecule has 0 aromatic carbocycles. The summed E-state index contributed by atoms with van der Waals surface area (Å²) in [4.78, 5) is 18.1. The van der Waals surface area contributed by atoms with Gasteiger partial charge in [-0.25, -0.2) is 0 Å². The summed E-state index contributed by atoms with van der Waals surface area (Å²) in [6.07, 6.45) is 4.19. The monoisotopic (exact) mass is 326 g/mol. The molecule has 1 unspecified atom stereocenters. The van der Waals surface area contributed by atoms with Crippen molar-refractivity contribution >= 4 is 21.9 Å². The first-order chi connectivity index (χ1) is 9.05. The smallest absolute Gasteiger partial charge is 0.310 e. The molecule has 1 fully saturated rings. The van der Waals surface area contributed by atoms with Crippen LogP contribution in [0, 0.1) is 5.41 Å². The lowest BCUT2D eigenvalue weighted by Crippen LogP contribution is -2.47. The third kappa shape index (κ3) is 3.34. The Morgan fingerprint density at radius 3 is 2.95 bits per heavy atom. The van der Waals surface area contributed by atoms with Gasteiger partial charge in [-0.2, -0.15) is 0 Å². The van der Waals surface area contributed by atoms with Crippen molar-refractivity contribution in [2.24, 2.45) is 5.41 Å². The van der Waals surface area contributed by atoms with Crippen LogP contribution in [0.15, 0.2) is 22.8 Å². The largest absolute Gasteiger partial charge is 0.481 e. The summed E-state index contributed by atoms with van der Waals surface area (Å²) < 4.78 is 0.961. The highest BCUT2D eigenvalue weighted by Gasteiger charge is 2.40. The van der Waals surface area contributed by atoms with Crippen LogP contribution in [-0.2, 0) is 11.3 Å². The van der Waals surface area contributed by atoms with Crippen LogP contribution in [0.3, 0.4) is 0 Å². The van der Waals surface area contributed by atoms with Gasteiger partial charge in [0, 0.05) is 23.8 Å². The number of carboxylic acid groups (broad SMARTS) is 1. The maximum atomic E-state index is 11.5. The van der Waals surface area contributed by atoms with Crippen molar-refractivity contribution in [3.05, 3.63) is 28.5 Å². The lowest BCUT2D eigenvalue weighted by atomic mass is 9.77. The van der Waals surface area contributed by atoms with E-state index in [0.717, 1.165) is 36.1 Å². The predicted octanol–water partition coefficient (Wildman–Crippen LogP) is 2.92. The molecule has 1 aromatic heterocycles. The number of carbonyl (C=O) groups is 1. The molecule has 0 saturated carbocycles. The van der Waals surface area contributed by atoms with E-state index < -0.39 is 11.4 Å². The van der Waals surface area contributed by atoms with E-state index in [1.165, 1.54) is 0 Å². The number of rotatable bonds is 4. The summed E-state index contributed by atoms with van der Waals surface area (Å²) >= 11 is 3.37. The van der Waals surface area contributed by atoms with Crippen LogP contribution in [0.4, 0.5) is 0 Å². The molecule has 104 valence electrons. The lowest BCUT2D eigenvalue weighted by molar-refractivity contribution is -0.153. The van der Waals surface area contributed by atoms with E-state index in [4.69, 9.17) is 0 Å². The summed E-state index contributed by atoms with van der Waals surface area (Å²) in [6, 6.07) is 3.95. The molecule has 0 aliphatic carbocycles. The van der Waals surface area contributed by atoms with E-state index in [9.17, 15) is 9.90 Å². The molecule has 4 nitrogen and oxygen atoms in total. The minimum absolute atomic E-state index is 0.576. The highest BCUT2D eigenvalue weighted by Crippen LogP contribution is 2.34. The van der Waals surface area contributed by atoms with Gasteiger partial charge in [0.1, 0.15) is 0 Å². The minimum Gasteiger partial charge on any atom is -0.481 e. The Kier molecular flexibility index (Phi) is 4.58. The Labute approximate surface area is 122 Å². The number of pyridine rings is 1. The highest BCUT2D eigenvalue weighted by atomic mass is 79.9. The maximum absolute atomic E-state index is 11.5. The van der Waals surface area contributed by atoms with Crippen molar-refractivity contribution in [2.75, 3.05) is 13.1 Å². The molecule has 19 heavy (non-hydrogen) atoms. The topological polar surface area (TPSA) is 53.4 Å². The quantitative estimate of drug-likeness (QED) is 0.924. The van der Waals surface area contributed by atoms with Gasteiger partial charge in [0.2, 0.25) is 0 Å². The van der Waals surface area contributed by atoms with Gasteiger partial charge in [0.05, 0.1) is 11.1 Å². The number of aliphatic carboxylic acids is 1. The Bertz CT molecular complexity index is 449. The number of aromatic nitrogens is 1. The SMILES string of the molecule is CCC1(C(=O)O)CCCN(Cc2ccc(Br)cn2)C1. The van der Waals surface area contributed by atoms with Gasteiger partial charge in [-0.15, -0.1) is 0 Å². The molecule has 1 N–H and O–H groups in total. The zero-order valence-corrected chi connectivity index (χ0v) is 12.7. The third-order valence-electron chi connectivity index (χ3n) is 3.96. The van der Waals surface area contributed by atoms with E-state index in [1.807, 2.05) is 19.1 Å². The van der Waals surface area contributed by atoms with Crippen LogP contribution in [0.5, 0.6) is 0 Å². The van der Waals surface area contributed by atoms with Crippen LogP contribution >= 0.6 is 15.9 Å². The zero-order valence-electron chi connectivity index (χ0n) is 11.1. The number of likely N-dealkylation sites (tertiary alicyclic amines) is 1. The number of nitrogens with zero attached hydrogens (tertiary/aromatic N) is 2. The molecule has 1 aliphatic rings. The molecule has 0 spiro atoms. The van der Waals surface area contributed by atoms with Crippen molar-refractivity contribution < 1.29 is 9.90 Å². The fourth-order valence-electron chi connectivity index (χ4n) is 2.71. The molecule has 0 bridgehead atoms. The van der Waals surface area contributed by atoms with Crippen molar-refractivity contribution in [2.45, 2.75) is 32.7 Å². The average Bonchev–Trinajstić information content (AvgIpc) is 2.41. The molecule has 2 heterocycles. The minimum atomic E-state index is -0.663. The molecule has 1 aromatic rings. The van der Waals surface area contributed by atoms with Crippen molar-refractivity contribution in [3.63, 3.8) is 0 Å². The van der Waals surface area contributed by atoms with Crippen LogP contribution in [0.1, 0.15) is 31.9 Å². The molecule has 1 atom stereocenters. The fraction of sp³-hybridized carbons (Fsp3) is 0.571. The predicted molar refractivity (Wildman–Crippen MR) is 76.8 cm³/mol. The molecule has 1 aliphatic heterocycles. The lowest BCUT2D eigenvalue weighted by Gasteiger charge is -2.39. The first-order valence-electron chi connectivity index (χ1n) is 6.62. The Morgan fingerprint density at radius 1 is 1.58 bits per heavy atom. The van der Waals surface area contributed by atoms with E-state index in [0.29, 0.717) is 13.0 Å². The Hall–Kier alpha value is -0.940. The van der Waals surface area contributed by atoms with Crippen molar-refractivity contribution in [3.8, 4) is 0 Å². The second-order valence-corrected chi connectivity index (χ2v) is 6.14. The van der Waals surface area contributed by atoms with Crippen LogP contribution < -0.4 is 0 Å². The Morgan fingerprint density at radius 2 is 2.37 bits per heavy atom. The van der Waals surface area contributed by atoms with Gasteiger partial charge in [0.15, 0.2) is 0 Å². The van der Waals surface area contributed by atoms with Crippen LogP contribution in [-0.4, -0.2) is 34.0 Å². The summed E-state index contributed by atoms with van der Waals surface area (Å²) in [5, 5.41) is 9.46. The van der Waals surface area contributed by atoms with E-state index in [-0.39, 0.29) is 0 Å².